The molecule has 0 radical (unpaired) electrons. The average Bonchev–Trinajstić information content (AvgIpc) is 3.02. The summed E-state index contributed by atoms with van der Waals surface area (Å²) in [5.74, 6) is 1.66. The highest BCUT2D eigenvalue weighted by atomic mass is 16.5. The quantitative estimate of drug-likeness (QED) is 0.814. The average molecular weight is 385 g/mol. The summed E-state index contributed by atoms with van der Waals surface area (Å²) in [4.78, 5) is 19.0. The SMILES string of the molecule is COc1cc(Nc2cncc(C(=O)N3CCCCCC3)c2)cc(OC)c1OC. The molecular formula is C21H27N3O4. The number of carbonyl (C=O) groups excluding carboxylic acids is 1. The van der Waals surface area contributed by atoms with Gasteiger partial charge in [-0.05, 0) is 18.9 Å². The van der Waals surface area contributed by atoms with Crippen LogP contribution >= 0.6 is 0 Å². The van der Waals surface area contributed by atoms with Crippen LogP contribution in [0.2, 0.25) is 0 Å². The van der Waals surface area contributed by atoms with Gasteiger partial charge < -0.3 is 24.4 Å². The van der Waals surface area contributed by atoms with E-state index in [9.17, 15) is 4.79 Å². The molecular weight excluding hydrogens is 358 g/mol. The zero-order chi connectivity index (χ0) is 19.9. The Bertz CT molecular complexity index is 792. The van der Waals surface area contributed by atoms with Crippen molar-refractivity contribution in [1.29, 1.82) is 0 Å². The monoisotopic (exact) mass is 385 g/mol. The lowest BCUT2D eigenvalue weighted by molar-refractivity contribution is 0.0761. The smallest absolute Gasteiger partial charge is 0.255 e. The number of ether oxygens (including phenoxy) is 3. The van der Waals surface area contributed by atoms with Crippen molar-refractivity contribution < 1.29 is 19.0 Å². The molecule has 1 N–H and O–H groups in total. The van der Waals surface area contributed by atoms with Gasteiger partial charge in [-0.1, -0.05) is 12.8 Å². The van der Waals surface area contributed by atoms with Crippen molar-refractivity contribution in [3.8, 4) is 17.2 Å². The molecule has 7 heteroatoms. The molecule has 0 bridgehead atoms. The van der Waals surface area contributed by atoms with Gasteiger partial charge in [-0.25, -0.2) is 0 Å². The van der Waals surface area contributed by atoms with E-state index in [2.05, 4.69) is 10.3 Å². The van der Waals surface area contributed by atoms with E-state index >= 15 is 0 Å². The summed E-state index contributed by atoms with van der Waals surface area (Å²) in [6.07, 6.45) is 7.79. The third-order valence-corrected chi connectivity index (χ3v) is 4.83. The number of nitrogens with one attached hydrogen (secondary N) is 1. The maximum atomic E-state index is 12.8. The molecule has 0 spiro atoms. The van der Waals surface area contributed by atoms with E-state index in [1.165, 1.54) is 12.8 Å². The minimum atomic E-state index is 0.0305. The number of anilines is 2. The van der Waals surface area contributed by atoms with Gasteiger partial charge in [-0.2, -0.15) is 0 Å². The minimum Gasteiger partial charge on any atom is -0.493 e. The molecule has 0 unspecified atom stereocenters. The van der Waals surface area contributed by atoms with E-state index in [4.69, 9.17) is 14.2 Å². The lowest BCUT2D eigenvalue weighted by atomic mass is 10.2. The largest absolute Gasteiger partial charge is 0.493 e. The van der Waals surface area contributed by atoms with Crippen molar-refractivity contribution >= 4 is 17.3 Å². The first kappa shape index (κ1) is 19.8. The van der Waals surface area contributed by atoms with Gasteiger partial charge in [0.1, 0.15) is 0 Å². The Morgan fingerprint density at radius 2 is 1.54 bits per heavy atom. The fourth-order valence-electron chi connectivity index (χ4n) is 3.40. The highest BCUT2D eigenvalue weighted by molar-refractivity contribution is 5.95. The maximum absolute atomic E-state index is 12.8. The van der Waals surface area contributed by atoms with E-state index in [0.29, 0.717) is 22.8 Å². The summed E-state index contributed by atoms with van der Waals surface area (Å²) in [5.41, 5.74) is 2.05. The fourth-order valence-corrected chi connectivity index (χ4v) is 3.40. The highest BCUT2D eigenvalue weighted by Crippen LogP contribution is 2.40. The second-order valence-corrected chi connectivity index (χ2v) is 6.71. The Balaban J connectivity index is 1.82. The standard InChI is InChI=1S/C21H27N3O4/c1-26-18-11-16(12-19(27-2)20(18)28-3)23-17-10-15(13-22-14-17)21(25)24-8-6-4-5-7-9-24/h10-14,23H,4-9H2,1-3H3. The zero-order valence-corrected chi connectivity index (χ0v) is 16.7. The van der Waals surface area contributed by atoms with Crippen LogP contribution in [-0.4, -0.2) is 50.2 Å². The molecule has 1 fully saturated rings. The molecule has 2 aromatic rings. The van der Waals surface area contributed by atoms with Gasteiger partial charge in [0, 0.05) is 37.1 Å². The van der Waals surface area contributed by atoms with Crippen LogP contribution in [-0.2, 0) is 0 Å². The molecule has 1 aromatic heterocycles. The lowest BCUT2D eigenvalue weighted by Gasteiger charge is -2.20. The number of amides is 1. The van der Waals surface area contributed by atoms with Crippen LogP contribution in [0.3, 0.4) is 0 Å². The molecule has 150 valence electrons. The molecule has 7 nitrogen and oxygen atoms in total. The van der Waals surface area contributed by atoms with Gasteiger partial charge in [-0.3, -0.25) is 9.78 Å². The lowest BCUT2D eigenvalue weighted by Crippen LogP contribution is -2.31. The molecule has 1 aromatic carbocycles. The van der Waals surface area contributed by atoms with E-state index in [1.54, 1.807) is 33.7 Å². The summed E-state index contributed by atoms with van der Waals surface area (Å²) < 4.78 is 16.1. The van der Waals surface area contributed by atoms with Crippen molar-refractivity contribution in [3.63, 3.8) is 0 Å². The number of hydrogen-bond acceptors (Lipinski definition) is 6. The number of methoxy groups -OCH3 is 3. The normalized spacial score (nSPS) is 14.2. The van der Waals surface area contributed by atoms with Crippen LogP contribution in [0.4, 0.5) is 11.4 Å². The Morgan fingerprint density at radius 3 is 2.11 bits per heavy atom. The minimum absolute atomic E-state index is 0.0305. The summed E-state index contributed by atoms with van der Waals surface area (Å²) >= 11 is 0. The van der Waals surface area contributed by atoms with Gasteiger partial charge in [0.15, 0.2) is 11.5 Å². The maximum Gasteiger partial charge on any atom is 0.255 e. The third-order valence-electron chi connectivity index (χ3n) is 4.83. The molecule has 28 heavy (non-hydrogen) atoms. The summed E-state index contributed by atoms with van der Waals surface area (Å²) in [5, 5.41) is 3.27. The molecule has 3 rings (SSSR count). The first-order valence-corrected chi connectivity index (χ1v) is 9.47. The van der Waals surface area contributed by atoms with Crippen LogP contribution in [0.1, 0.15) is 36.0 Å². The van der Waals surface area contributed by atoms with Gasteiger partial charge >= 0.3 is 0 Å². The Morgan fingerprint density at radius 1 is 0.893 bits per heavy atom. The van der Waals surface area contributed by atoms with E-state index in [1.807, 2.05) is 23.1 Å². The summed E-state index contributed by atoms with van der Waals surface area (Å²) in [6.45, 7) is 1.62. The van der Waals surface area contributed by atoms with Crippen molar-refractivity contribution in [2.75, 3.05) is 39.7 Å². The van der Waals surface area contributed by atoms with Crippen LogP contribution in [0.5, 0.6) is 17.2 Å². The highest BCUT2D eigenvalue weighted by Gasteiger charge is 2.18. The molecule has 1 aliphatic rings. The summed E-state index contributed by atoms with van der Waals surface area (Å²) in [6, 6.07) is 5.44. The first-order chi connectivity index (χ1) is 13.7. The van der Waals surface area contributed by atoms with Crippen molar-refractivity contribution in [3.05, 3.63) is 36.2 Å². The number of pyridine rings is 1. The Labute approximate surface area is 165 Å². The van der Waals surface area contributed by atoms with Crippen molar-refractivity contribution in [2.24, 2.45) is 0 Å². The molecule has 1 amide bonds. The van der Waals surface area contributed by atoms with Crippen LogP contribution in [0, 0.1) is 0 Å². The molecule has 0 atom stereocenters. The number of rotatable bonds is 6. The van der Waals surface area contributed by atoms with Gasteiger partial charge in [0.2, 0.25) is 5.75 Å². The van der Waals surface area contributed by atoms with Crippen LogP contribution < -0.4 is 19.5 Å². The molecule has 1 saturated heterocycles. The predicted octanol–water partition coefficient (Wildman–Crippen LogP) is 3.87. The van der Waals surface area contributed by atoms with E-state index in [0.717, 1.165) is 37.3 Å². The van der Waals surface area contributed by atoms with Crippen molar-refractivity contribution in [1.82, 2.24) is 9.88 Å². The van der Waals surface area contributed by atoms with Crippen LogP contribution in [0.15, 0.2) is 30.6 Å². The van der Waals surface area contributed by atoms with Crippen molar-refractivity contribution in [2.45, 2.75) is 25.7 Å². The number of aromatic nitrogens is 1. The van der Waals surface area contributed by atoms with E-state index < -0.39 is 0 Å². The van der Waals surface area contributed by atoms with Gasteiger partial charge in [0.25, 0.3) is 5.91 Å². The second kappa shape index (κ2) is 9.30. The molecule has 2 heterocycles. The fraction of sp³-hybridized carbons (Fsp3) is 0.429. The predicted molar refractivity (Wildman–Crippen MR) is 108 cm³/mol. The molecule has 0 aliphatic carbocycles. The molecule has 0 saturated carbocycles. The number of benzene rings is 1. The second-order valence-electron chi connectivity index (χ2n) is 6.71. The van der Waals surface area contributed by atoms with Gasteiger partial charge in [-0.15, -0.1) is 0 Å². The third kappa shape index (κ3) is 4.47. The summed E-state index contributed by atoms with van der Waals surface area (Å²) in [7, 11) is 4.71. The topological polar surface area (TPSA) is 72.9 Å². The first-order valence-electron chi connectivity index (χ1n) is 9.47. The Kier molecular flexibility index (Phi) is 6.57. The number of nitrogens with zero attached hydrogens (tertiary/aromatic N) is 2. The zero-order valence-electron chi connectivity index (χ0n) is 16.7. The van der Waals surface area contributed by atoms with Gasteiger partial charge in [0.05, 0.1) is 38.8 Å². The number of carbonyl (C=O) groups is 1. The number of hydrogen-bond donors (Lipinski definition) is 1. The van der Waals surface area contributed by atoms with E-state index in [-0.39, 0.29) is 5.91 Å². The van der Waals surface area contributed by atoms with Crippen LogP contribution in [0.25, 0.3) is 0 Å². The number of likely N-dealkylation sites (tertiary alicyclic amines) is 1. The molecule has 1 aliphatic heterocycles. The Hall–Kier alpha value is -2.96.